The van der Waals surface area contributed by atoms with E-state index in [0.29, 0.717) is 20.9 Å². The zero-order valence-corrected chi connectivity index (χ0v) is 17.2. The van der Waals surface area contributed by atoms with Crippen LogP contribution < -0.4 is 9.62 Å². The number of hydrogen-bond donors (Lipinski definition) is 1. The summed E-state index contributed by atoms with van der Waals surface area (Å²) in [5.74, 6) is 0.210. The first-order chi connectivity index (χ1) is 12.2. The Hall–Kier alpha value is -1.91. The molecule has 0 aliphatic rings. The van der Waals surface area contributed by atoms with Gasteiger partial charge in [-0.3, -0.25) is 14.4 Å². The molecule has 0 aliphatic carbocycles. The summed E-state index contributed by atoms with van der Waals surface area (Å²) in [5, 5.41) is 10.8. The van der Waals surface area contributed by atoms with Crippen molar-refractivity contribution >= 4 is 49.8 Å². The largest absolute Gasteiger partial charge is 0.299 e. The Morgan fingerprint density at radius 2 is 2.08 bits per heavy atom. The van der Waals surface area contributed by atoms with Crippen LogP contribution in [0.4, 0.5) is 10.8 Å². The minimum Gasteiger partial charge on any atom is -0.299 e. The predicted octanol–water partition coefficient (Wildman–Crippen LogP) is 2.84. The average molecular weight is 413 g/mol. The van der Waals surface area contributed by atoms with Crippen LogP contribution in [-0.4, -0.2) is 43.1 Å². The number of carbonyl (C=O) groups excluding carboxylic acids is 1. The highest BCUT2D eigenvalue weighted by atomic mass is 32.2. The summed E-state index contributed by atoms with van der Waals surface area (Å²) >= 11 is 2.68. The van der Waals surface area contributed by atoms with Crippen molar-refractivity contribution in [1.82, 2.24) is 10.2 Å². The Balaban J connectivity index is 2.13. The second kappa shape index (κ2) is 8.65. The van der Waals surface area contributed by atoms with Gasteiger partial charge in [0.1, 0.15) is 6.54 Å². The van der Waals surface area contributed by atoms with Gasteiger partial charge in [-0.15, -0.1) is 16.8 Å². The number of aromatic nitrogens is 2. The molecule has 2 rings (SSSR count). The van der Waals surface area contributed by atoms with Gasteiger partial charge in [0.05, 0.1) is 11.9 Å². The first kappa shape index (κ1) is 20.4. The fourth-order valence-corrected chi connectivity index (χ4v) is 4.40. The zero-order chi connectivity index (χ0) is 19.3. The van der Waals surface area contributed by atoms with E-state index in [2.05, 4.69) is 22.1 Å². The molecule has 1 aromatic heterocycles. The molecule has 0 spiro atoms. The number of anilines is 2. The van der Waals surface area contributed by atoms with Crippen LogP contribution >= 0.6 is 23.1 Å². The molecule has 1 N–H and O–H groups in total. The lowest BCUT2D eigenvalue weighted by Crippen LogP contribution is -2.37. The molecule has 0 saturated carbocycles. The van der Waals surface area contributed by atoms with Gasteiger partial charge in [0, 0.05) is 5.75 Å². The molecule has 7 nitrogen and oxygen atoms in total. The van der Waals surface area contributed by atoms with Gasteiger partial charge in [-0.2, -0.15) is 0 Å². The number of aryl methyl sites for hydroxylation is 2. The van der Waals surface area contributed by atoms with Crippen molar-refractivity contribution in [3.63, 3.8) is 0 Å². The molecular formula is C16H20N4O3S3. The first-order valence-electron chi connectivity index (χ1n) is 7.62. The van der Waals surface area contributed by atoms with Crippen LogP contribution in [0.5, 0.6) is 0 Å². The van der Waals surface area contributed by atoms with Crippen LogP contribution in [0.1, 0.15) is 11.1 Å². The first-order valence-corrected chi connectivity index (χ1v) is 11.3. The SMILES string of the molecule is C=CCSc1nnc(NC(=O)CN(c2ccc(C)c(C)c2)S(C)(=O)=O)s1. The second-order valence-corrected chi connectivity index (χ2v) is 9.71. The van der Waals surface area contributed by atoms with E-state index < -0.39 is 15.9 Å². The van der Waals surface area contributed by atoms with Crippen molar-refractivity contribution in [1.29, 1.82) is 0 Å². The second-order valence-electron chi connectivity index (χ2n) is 5.56. The molecule has 26 heavy (non-hydrogen) atoms. The number of hydrogen-bond acceptors (Lipinski definition) is 7. The zero-order valence-electron chi connectivity index (χ0n) is 14.7. The number of nitrogens with zero attached hydrogens (tertiary/aromatic N) is 3. The summed E-state index contributed by atoms with van der Waals surface area (Å²) < 4.78 is 26.1. The third kappa shape index (κ3) is 5.55. The van der Waals surface area contributed by atoms with E-state index in [1.165, 1.54) is 23.1 Å². The molecule has 0 radical (unpaired) electrons. The van der Waals surface area contributed by atoms with Crippen molar-refractivity contribution in [3.05, 3.63) is 42.0 Å². The molecule has 140 valence electrons. The lowest BCUT2D eigenvalue weighted by atomic mass is 10.1. The lowest BCUT2D eigenvalue weighted by Gasteiger charge is -2.22. The van der Waals surface area contributed by atoms with Crippen LogP contribution in [-0.2, 0) is 14.8 Å². The molecule has 0 unspecified atom stereocenters. The average Bonchev–Trinajstić information content (AvgIpc) is 2.99. The molecule has 1 aromatic carbocycles. The number of benzene rings is 1. The Morgan fingerprint density at radius 1 is 1.35 bits per heavy atom. The number of carbonyl (C=O) groups is 1. The molecule has 1 heterocycles. The maximum absolute atomic E-state index is 12.3. The van der Waals surface area contributed by atoms with Gasteiger partial charge in [0.2, 0.25) is 21.1 Å². The quantitative estimate of drug-likeness (QED) is 0.407. The number of amides is 1. The minimum absolute atomic E-state index is 0.329. The summed E-state index contributed by atoms with van der Waals surface area (Å²) in [7, 11) is -3.62. The van der Waals surface area contributed by atoms with Gasteiger partial charge in [-0.1, -0.05) is 35.2 Å². The van der Waals surface area contributed by atoms with Crippen LogP contribution in [0, 0.1) is 13.8 Å². The molecule has 0 atom stereocenters. The van der Waals surface area contributed by atoms with E-state index in [0.717, 1.165) is 21.7 Å². The van der Waals surface area contributed by atoms with Crippen molar-refractivity contribution in [2.75, 3.05) is 28.2 Å². The standard InChI is InChI=1S/C16H20N4O3S3/c1-5-8-24-16-19-18-15(25-16)17-14(21)10-20(26(4,22)23)13-7-6-11(2)12(3)9-13/h5-7,9H,1,8,10H2,2-4H3,(H,17,18,21). The van der Waals surface area contributed by atoms with Crippen molar-refractivity contribution in [3.8, 4) is 0 Å². The normalized spacial score (nSPS) is 11.2. The maximum atomic E-state index is 12.3. The topological polar surface area (TPSA) is 92.3 Å². The molecule has 2 aromatic rings. The number of rotatable bonds is 8. The summed E-state index contributed by atoms with van der Waals surface area (Å²) in [5.41, 5.74) is 2.44. The minimum atomic E-state index is -3.62. The predicted molar refractivity (Wildman–Crippen MR) is 108 cm³/mol. The number of sulfonamides is 1. The Morgan fingerprint density at radius 3 is 2.69 bits per heavy atom. The summed E-state index contributed by atoms with van der Waals surface area (Å²) in [4.78, 5) is 12.3. The molecule has 0 bridgehead atoms. The van der Waals surface area contributed by atoms with Gasteiger partial charge in [0.15, 0.2) is 4.34 Å². The van der Waals surface area contributed by atoms with Crippen LogP contribution in [0.2, 0.25) is 0 Å². The van der Waals surface area contributed by atoms with Gasteiger partial charge in [-0.25, -0.2) is 8.42 Å². The Labute approximate surface area is 161 Å². The Bertz CT molecular complexity index is 909. The molecular weight excluding hydrogens is 392 g/mol. The number of thioether (sulfide) groups is 1. The third-order valence-electron chi connectivity index (χ3n) is 3.44. The van der Waals surface area contributed by atoms with Gasteiger partial charge in [-0.05, 0) is 37.1 Å². The number of nitrogens with one attached hydrogen (secondary N) is 1. The monoisotopic (exact) mass is 412 g/mol. The van der Waals surface area contributed by atoms with Gasteiger partial charge < -0.3 is 0 Å². The molecule has 1 amide bonds. The van der Waals surface area contributed by atoms with Gasteiger partial charge in [0.25, 0.3) is 0 Å². The van der Waals surface area contributed by atoms with Crippen molar-refractivity contribution in [2.45, 2.75) is 18.2 Å². The fourth-order valence-electron chi connectivity index (χ4n) is 2.02. The maximum Gasteiger partial charge on any atom is 0.246 e. The summed E-state index contributed by atoms with van der Waals surface area (Å²) in [6.07, 6.45) is 2.82. The highest BCUT2D eigenvalue weighted by Crippen LogP contribution is 2.26. The molecule has 0 saturated heterocycles. The van der Waals surface area contributed by atoms with E-state index in [1.54, 1.807) is 18.2 Å². The highest BCUT2D eigenvalue weighted by molar-refractivity contribution is 8.01. The van der Waals surface area contributed by atoms with E-state index in [-0.39, 0.29) is 6.54 Å². The fraction of sp³-hybridized carbons (Fsp3) is 0.312. The van der Waals surface area contributed by atoms with Crippen LogP contribution in [0.25, 0.3) is 0 Å². The molecule has 0 fully saturated rings. The van der Waals surface area contributed by atoms with Gasteiger partial charge >= 0.3 is 0 Å². The van der Waals surface area contributed by atoms with Crippen LogP contribution in [0.3, 0.4) is 0 Å². The third-order valence-corrected chi connectivity index (χ3v) is 6.55. The summed E-state index contributed by atoms with van der Waals surface area (Å²) in [6.45, 7) is 7.12. The van der Waals surface area contributed by atoms with Crippen LogP contribution in [0.15, 0.2) is 35.2 Å². The van der Waals surface area contributed by atoms with Crippen molar-refractivity contribution < 1.29 is 13.2 Å². The molecule has 10 heteroatoms. The van der Waals surface area contributed by atoms with E-state index in [1.807, 2.05) is 19.9 Å². The summed E-state index contributed by atoms with van der Waals surface area (Å²) in [6, 6.07) is 5.26. The Kier molecular flexibility index (Phi) is 6.79. The molecule has 0 aliphatic heterocycles. The van der Waals surface area contributed by atoms with E-state index >= 15 is 0 Å². The van der Waals surface area contributed by atoms with E-state index in [4.69, 9.17) is 0 Å². The van der Waals surface area contributed by atoms with Crippen molar-refractivity contribution in [2.24, 2.45) is 0 Å². The lowest BCUT2D eigenvalue weighted by molar-refractivity contribution is -0.114. The highest BCUT2D eigenvalue weighted by Gasteiger charge is 2.22. The van der Waals surface area contributed by atoms with E-state index in [9.17, 15) is 13.2 Å². The smallest absolute Gasteiger partial charge is 0.246 e.